The quantitative estimate of drug-likeness (QED) is 0.788. The molecule has 1 N–H and O–H groups in total. The summed E-state index contributed by atoms with van der Waals surface area (Å²) in [4.78, 5) is 16.5. The first-order chi connectivity index (χ1) is 10.3. The maximum atomic E-state index is 12.3. The minimum absolute atomic E-state index is 0.183. The van der Waals surface area contributed by atoms with E-state index in [1.54, 1.807) is 35.0 Å². The number of aromatic nitrogens is 1. The lowest BCUT2D eigenvalue weighted by molar-refractivity contribution is 0.102. The highest BCUT2D eigenvalue weighted by Gasteiger charge is 2.16. The van der Waals surface area contributed by atoms with Crippen molar-refractivity contribution in [1.29, 1.82) is 0 Å². The van der Waals surface area contributed by atoms with E-state index in [1.807, 2.05) is 18.2 Å². The summed E-state index contributed by atoms with van der Waals surface area (Å²) in [7, 11) is 0. The van der Waals surface area contributed by atoms with E-state index < -0.39 is 0 Å². The fourth-order valence-corrected chi connectivity index (χ4v) is 2.89. The number of hydrogen-bond acceptors (Lipinski definition) is 5. The third-order valence-electron chi connectivity index (χ3n) is 3.22. The van der Waals surface area contributed by atoms with Crippen LogP contribution < -0.4 is 14.8 Å². The normalized spacial score (nSPS) is 12.6. The van der Waals surface area contributed by atoms with E-state index >= 15 is 0 Å². The lowest BCUT2D eigenvalue weighted by atomic mass is 10.2. The summed E-state index contributed by atoms with van der Waals surface area (Å²) < 4.78 is 11.5. The van der Waals surface area contributed by atoms with Crippen LogP contribution >= 0.6 is 11.3 Å². The Labute approximate surface area is 124 Å². The van der Waals surface area contributed by atoms with Crippen LogP contribution in [0, 0.1) is 0 Å². The molecule has 0 saturated carbocycles. The number of benzene rings is 2. The molecule has 0 bridgehead atoms. The number of rotatable bonds is 2. The van der Waals surface area contributed by atoms with Gasteiger partial charge >= 0.3 is 0 Å². The first kappa shape index (κ1) is 12.2. The monoisotopic (exact) mass is 298 g/mol. The number of hydrogen-bond donors (Lipinski definition) is 1. The highest BCUT2D eigenvalue weighted by molar-refractivity contribution is 7.16. The van der Waals surface area contributed by atoms with Crippen LogP contribution in [-0.4, -0.2) is 17.7 Å². The molecular weight excluding hydrogens is 288 g/mol. The Bertz CT molecular complexity index is 844. The molecule has 0 radical (unpaired) electrons. The molecule has 1 aliphatic heterocycles. The highest BCUT2D eigenvalue weighted by atomic mass is 32.1. The molecule has 21 heavy (non-hydrogen) atoms. The number of fused-ring (bicyclic) bond motifs is 2. The predicted octanol–water partition coefficient (Wildman–Crippen LogP) is 3.28. The van der Waals surface area contributed by atoms with Crippen molar-refractivity contribution in [3.05, 3.63) is 47.5 Å². The zero-order valence-electron chi connectivity index (χ0n) is 10.8. The third-order valence-corrected chi connectivity index (χ3v) is 4.02. The average Bonchev–Trinajstić information content (AvgIpc) is 3.14. The van der Waals surface area contributed by atoms with Gasteiger partial charge in [0.25, 0.3) is 5.91 Å². The molecule has 104 valence electrons. The number of nitrogens with one attached hydrogen (secondary N) is 1. The molecule has 0 atom stereocenters. The van der Waals surface area contributed by atoms with Crippen molar-refractivity contribution in [2.24, 2.45) is 0 Å². The topological polar surface area (TPSA) is 60.5 Å². The molecule has 5 nitrogen and oxygen atoms in total. The number of carbonyl (C=O) groups is 1. The van der Waals surface area contributed by atoms with Gasteiger partial charge in [-0.15, -0.1) is 11.3 Å². The first-order valence-corrected chi connectivity index (χ1v) is 7.22. The number of thiazole rings is 1. The molecule has 0 saturated heterocycles. The lowest BCUT2D eigenvalue weighted by Crippen LogP contribution is -2.11. The van der Waals surface area contributed by atoms with Gasteiger partial charge in [-0.1, -0.05) is 0 Å². The van der Waals surface area contributed by atoms with E-state index in [0.29, 0.717) is 17.1 Å². The third kappa shape index (κ3) is 2.19. The maximum Gasteiger partial charge on any atom is 0.255 e. The van der Waals surface area contributed by atoms with Crippen molar-refractivity contribution >= 4 is 33.1 Å². The molecule has 3 aromatic rings. The van der Waals surface area contributed by atoms with Crippen molar-refractivity contribution in [3.63, 3.8) is 0 Å². The largest absolute Gasteiger partial charge is 0.454 e. The maximum absolute atomic E-state index is 12.3. The molecule has 2 heterocycles. The van der Waals surface area contributed by atoms with E-state index in [4.69, 9.17) is 9.47 Å². The van der Waals surface area contributed by atoms with Crippen molar-refractivity contribution < 1.29 is 14.3 Å². The second kappa shape index (κ2) is 4.75. The predicted molar refractivity (Wildman–Crippen MR) is 80.1 cm³/mol. The SMILES string of the molecule is O=C(Nc1ccc2ncsc2c1)c1ccc2c(c1)OCO2. The van der Waals surface area contributed by atoms with Crippen LogP contribution in [-0.2, 0) is 0 Å². The Morgan fingerprint density at radius 2 is 2.05 bits per heavy atom. The molecule has 6 heteroatoms. The van der Waals surface area contributed by atoms with Crippen molar-refractivity contribution in [2.75, 3.05) is 12.1 Å². The van der Waals surface area contributed by atoms with E-state index in [-0.39, 0.29) is 12.7 Å². The van der Waals surface area contributed by atoms with E-state index in [2.05, 4.69) is 10.3 Å². The van der Waals surface area contributed by atoms with Gasteiger partial charge in [0.15, 0.2) is 11.5 Å². The zero-order chi connectivity index (χ0) is 14.2. The van der Waals surface area contributed by atoms with Crippen LogP contribution in [0.5, 0.6) is 11.5 Å². The van der Waals surface area contributed by atoms with Gasteiger partial charge in [-0.25, -0.2) is 4.98 Å². The van der Waals surface area contributed by atoms with Crippen LogP contribution in [0.25, 0.3) is 10.2 Å². The Morgan fingerprint density at radius 1 is 1.14 bits per heavy atom. The van der Waals surface area contributed by atoms with Gasteiger partial charge in [0.05, 0.1) is 15.7 Å². The molecule has 1 aliphatic rings. The van der Waals surface area contributed by atoms with Gasteiger partial charge in [-0.2, -0.15) is 0 Å². The summed E-state index contributed by atoms with van der Waals surface area (Å²) >= 11 is 1.54. The van der Waals surface area contributed by atoms with Crippen LogP contribution in [0.15, 0.2) is 41.9 Å². The molecule has 0 spiro atoms. The summed E-state index contributed by atoms with van der Waals surface area (Å²) in [5.74, 6) is 1.08. The van der Waals surface area contributed by atoms with Crippen LogP contribution in [0.4, 0.5) is 5.69 Å². The van der Waals surface area contributed by atoms with E-state index in [0.717, 1.165) is 15.9 Å². The molecule has 0 unspecified atom stereocenters. The Hall–Kier alpha value is -2.60. The van der Waals surface area contributed by atoms with Gasteiger partial charge in [-0.3, -0.25) is 4.79 Å². The van der Waals surface area contributed by atoms with Gasteiger partial charge < -0.3 is 14.8 Å². The van der Waals surface area contributed by atoms with Gasteiger partial charge in [-0.05, 0) is 36.4 Å². The minimum Gasteiger partial charge on any atom is -0.454 e. The Balaban J connectivity index is 1.59. The second-order valence-electron chi connectivity index (χ2n) is 4.56. The van der Waals surface area contributed by atoms with Gasteiger partial charge in [0.1, 0.15) is 0 Å². The number of nitrogens with zero attached hydrogens (tertiary/aromatic N) is 1. The molecule has 1 aromatic heterocycles. The van der Waals surface area contributed by atoms with Gasteiger partial charge in [0, 0.05) is 11.3 Å². The second-order valence-corrected chi connectivity index (χ2v) is 5.44. The molecular formula is C15H10N2O3S. The molecule has 0 aliphatic carbocycles. The fraction of sp³-hybridized carbons (Fsp3) is 0.0667. The summed E-state index contributed by atoms with van der Waals surface area (Å²) in [6.07, 6.45) is 0. The molecule has 0 fully saturated rings. The molecule has 1 amide bonds. The smallest absolute Gasteiger partial charge is 0.255 e. The van der Waals surface area contributed by atoms with Gasteiger partial charge in [0.2, 0.25) is 6.79 Å². The standard InChI is InChI=1S/C15H10N2O3S/c18-15(9-1-4-12-13(5-9)20-8-19-12)17-10-2-3-11-14(6-10)21-7-16-11/h1-7H,8H2,(H,17,18). The summed E-state index contributed by atoms with van der Waals surface area (Å²) in [6.45, 7) is 0.197. The van der Waals surface area contributed by atoms with Crippen LogP contribution in [0.3, 0.4) is 0 Å². The van der Waals surface area contributed by atoms with E-state index in [1.165, 1.54) is 0 Å². The highest BCUT2D eigenvalue weighted by Crippen LogP contribution is 2.32. The number of amides is 1. The average molecular weight is 298 g/mol. The van der Waals surface area contributed by atoms with Crippen LogP contribution in [0.2, 0.25) is 0 Å². The number of carbonyl (C=O) groups excluding carboxylic acids is 1. The Morgan fingerprint density at radius 3 is 3.00 bits per heavy atom. The molecule has 4 rings (SSSR count). The fourth-order valence-electron chi connectivity index (χ4n) is 2.17. The summed E-state index contributed by atoms with van der Waals surface area (Å²) in [5, 5.41) is 2.87. The lowest BCUT2D eigenvalue weighted by Gasteiger charge is -2.06. The first-order valence-electron chi connectivity index (χ1n) is 6.34. The number of ether oxygens (including phenoxy) is 2. The van der Waals surface area contributed by atoms with Crippen LogP contribution in [0.1, 0.15) is 10.4 Å². The summed E-state index contributed by atoms with van der Waals surface area (Å²) in [6, 6.07) is 10.8. The van der Waals surface area contributed by atoms with Crippen molar-refractivity contribution in [3.8, 4) is 11.5 Å². The zero-order valence-corrected chi connectivity index (χ0v) is 11.6. The van der Waals surface area contributed by atoms with E-state index in [9.17, 15) is 4.79 Å². The minimum atomic E-state index is -0.183. The Kier molecular flexibility index (Phi) is 2.75. The van der Waals surface area contributed by atoms with Crippen molar-refractivity contribution in [2.45, 2.75) is 0 Å². The van der Waals surface area contributed by atoms with Crippen molar-refractivity contribution in [1.82, 2.24) is 4.98 Å². The number of anilines is 1. The summed E-state index contributed by atoms with van der Waals surface area (Å²) in [5.41, 5.74) is 3.99. The molecule has 2 aromatic carbocycles.